The van der Waals surface area contributed by atoms with Crippen LogP contribution < -0.4 is 10.6 Å². The third kappa shape index (κ3) is 8.30. The number of amides is 4. The number of carbonyl (C=O) groups is 4. The van der Waals surface area contributed by atoms with Crippen molar-refractivity contribution in [3.8, 4) is 34.4 Å². The number of hydrogen-bond acceptors (Lipinski definition) is 8. The largest absolute Gasteiger partial charge is 0.453 e. The highest BCUT2D eigenvalue weighted by Gasteiger charge is 2.51. The summed E-state index contributed by atoms with van der Waals surface area (Å²) in [5.41, 5.74) is 5.34. The van der Waals surface area contributed by atoms with Gasteiger partial charge in [-0.05, 0) is 85.3 Å². The van der Waals surface area contributed by atoms with Gasteiger partial charge in [0.25, 0.3) is 0 Å². The second-order valence-corrected chi connectivity index (χ2v) is 16.1. The van der Waals surface area contributed by atoms with Crippen LogP contribution in [0.4, 0.5) is 9.59 Å². The van der Waals surface area contributed by atoms with Gasteiger partial charge in [0.2, 0.25) is 11.8 Å². The number of imidazole rings is 2. The molecule has 304 valence electrons. The minimum Gasteiger partial charge on any atom is -0.453 e. The maximum Gasteiger partial charge on any atom is 0.407 e. The molecule has 0 spiro atoms. The van der Waals surface area contributed by atoms with Gasteiger partial charge >= 0.3 is 12.2 Å². The lowest BCUT2D eigenvalue weighted by atomic mass is 9.95. The first-order valence-electron chi connectivity index (χ1n) is 20.1. The van der Waals surface area contributed by atoms with Crippen LogP contribution in [0.2, 0.25) is 0 Å². The van der Waals surface area contributed by atoms with Gasteiger partial charge in [0.05, 0.1) is 50.1 Å². The van der Waals surface area contributed by atoms with Crippen LogP contribution in [-0.2, 0) is 19.1 Å². The summed E-state index contributed by atoms with van der Waals surface area (Å²) in [6.45, 7) is 8.23. The van der Waals surface area contributed by atoms with Crippen LogP contribution in [0.25, 0.3) is 22.5 Å². The quantitative estimate of drug-likeness (QED) is 0.135. The van der Waals surface area contributed by atoms with Crippen molar-refractivity contribution in [1.82, 2.24) is 40.4 Å². The van der Waals surface area contributed by atoms with E-state index in [1.807, 2.05) is 87.3 Å². The van der Waals surface area contributed by atoms with Crippen LogP contribution in [0.1, 0.15) is 94.7 Å². The fraction of sp³-hybridized carbons (Fsp3) is 0.455. The van der Waals surface area contributed by atoms with Crippen molar-refractivity contribution in [2.45, 2.75) is 90.0 Å². The second kappa shape index (κ2) is 17.2. The Morgan fingerprint density at radius 2 is 1.24 bits per heavy atom. The maximum absolute atomic E-state index is 13.9. The van der Waals surface area contributed by atoms with Crippen molar-refractivity contribution >= 4 is 24.0 Å². The summed E-state index contributed by atoms with van der Waals surface area (Å²) in [6.07, 6.45) is 6.90. The summed E-state index contributed by atoms with van der Waals surface area (Å²) in [5.74, 6) is 7.85. The lowest BCUT2D eigenvalue weighted by Gasteiger charge is -2.37. The number of alkyl carbamates (subject to hydrolysis) is 2. The average molecular weight is 789 g/mol. The van der Waals surface area contributed by atoms with E-state index in [0.717, 1.165) is 71.6 Å². The van der Waals surface area contributed by atoms with Gasteiger partial charge in [0, 0.05) is 23.7 Å². The number of fused-ring (bicyclic) bond motifs is 2. The van der Waals surface area contributed by atoms with Gasteiger partial charge in [0.1, 0.15) is 23.7 Å². The smallest absolute Gasteiger partial charge is 0.407 e. The highest BCUT2D eigenvalue weighted by atomic mass is 16.5. The topological polar surface area (TPSA) is 175 Å². The Kier molecular flexibility index (Phi) is 11.9. The lowest BCUT2D eigenvalue weighted by Crippen LogP contribution is -2.54. The Hall–Kier alpha value is -6.10. The first-order valence-corrected chi connectivity index (χ1v) is 20.1. The zero-order valence-corrected chi connectivity index (χ0v) is 33.9. The fourth-order valence-corrected chi connectivity index (χ4v) is 8.61. The number of likely N-dealkylation sites (tertiary alicyclic amines) is 2. The molecule has 2 aromatic heterocycles. The van der Waals surface area contributed by atoms with E-state index in [9.17, 15) is 19.2 Å². The van der Waals surface area contributed by atoms with E-state index >= 15 is 0 Å². The molecule has 7 rings (SSSR count). The van der Waals surface area contributed by atoms with Gasteiger partial charge in [0.15, 0.2) is 0 Å². The Balaban J connectivity index is 0.990. The first-order chi connectivity index (χ1) is 27.9. The first kappa shape index (κ1) is 40.1. The summed E-state index contributed by atoms with van der Waals surface area (Å²) in [6, 6.07) is 14.3. The van der Waals surface area contributed by atoms with Gasteiger partial charge < -0.3 is 39.9 Å². The summed E-state index contributed by atoms with van der Waals surface area (Å²) in [5, 5.41) is 5.44. The van der Waals surface area contributed by atoms with E-state index in [0.29, 0.717) is 18.3 Å². The Morgan fingerprint density at radius 3 is 1.78 bits per heavy atom. The molecule has 3 unspecified atom stereocenters. The van der Waals surface area contributed by atoms with E-state index in [1.165, 1.54) is 14.2 Å². The summed E-state index contributed by atoms with van der Waals surface area (Å²) in [4.78, 5) is 71.5. The van der Waals surface area contributed by atoms with Crippen LogP contribution in [-0.4, -0.2) is 92.6 Å². The SMILES string of the molecule is COC(=O)NC(C(=O)N1CCC[C@H]1c1ncc(-c2ccc(C#Cc3ccc(-c4cnc([C@@H]5[C@H]6CCC(C6)N5C(=O)C(NC(=O)OC)C(C)C)[nH]4)cc3)cc2)[nH]1)C(C)C. The number of carbonyl (C=O) groups excluding carboxylic acids is 4. The second-order valence-electron chi connectivity index (χ2n) is 16.1. The number of rotatable bonds is 10. The molecule has 3 fully saturated rings. The normalized spacial score (nSPS) is 20.8. The maximum atomic E-state index is 13.9. The highest BCUT2D eigenvalue weighted by molar-refractivity contribution is 5.87. The molecular weight excluding hydrogens is 737 g/mol. The number of aromatic nitrogens is 4. The van der Waals surface area contributed by atoms with Crippen LogP contribution in [0.5, 0.6) is 0 Å². The molecule has 14 heteroatoms. The molecule has 3 aliphatic rings. The van der Waals surface area contributed by atoms with Crippen molar-refractivity contribution in [3.05, 3.63) is 83.7 Å². The van der Waals surface area contributed by atoms with Crippen LogP contribution in [0.15, 0.2) is 60.9 Å². The van der Waals surface area contributed by atoms with E-state index in [2.05, 4.69) is 37.4 Å². The number of hydrogen-bond donors (Lipinski definition) is 4. The Morgan fingerprint density at radius 1 is 0.724 bits per heavy atom. The van der Waals surface area contributed by atoms with Crippen LogP contribution in [0, 0.1) is 29.6 Å². The third-order valence-electron chi connectivity index (χ3n) is 11.7. The van der Waals surface area contributed by atoms with Crippen molar-refractivity contribution in [3.63, 3.8) is 0 Å². The van der Waals surface area contributed by atoms with Crippen molar-refractivity contribution in [1.29, 1.82) is 0 Å². The number of piperidine rings is 1. The van der Waals surface area contributed by atoms with Gasteiger partial charge in [-0.15, -0.1) is 0 Å². The fourth-order valence-electron chi connectivity index (χ4n) is 8.61. The van der Waals surface area contributed by atoms with Gasteiger partial charge in [-0.1, -0.05) is 63.8 Å². The summed E-state index contributed by atoms with van der Waals surface area (Å²) < 4.78 is 9.56. The molecule has 2 bridgehead atoms. The number of nitrogens with zero attached hydrogens (tertiary/aromatic N) is 4. The predicted octanol–water partition coefficient (Wildman–Crippen LogP) is 6.34. The number of H-pyrrole nitrogens is 2. The number of nitrogens with one attached hydrogen (secondary N) is 4. The standard InChI is InChI=1S/C44H52N8O6/c1-25(2)36(49-43(55)57-5)41(53)51-21-7-8-35(51)39-45-23-33(47-39)29-15-11-27(12-16-29)9-10-28-13-17-30(18-14-28)34-24-46-40(48-34)38-31-19-20-32(22-31)52(38)42(54)37(26(3)4)50-44(56)58-6/h11-18,23-26,31-32,35-38H,7-8,19-22H2,1-6H3,(H,45,47)(H,46,48)(H,49,55)(H,50,56)/t31-,32?,35-,36?,37?,38-/m0/s1. The van der Waals surface area contributed by atoms with Gasteiger partial charge in [-0.3, -0.25) is 9.59 Å². The molecule has 2 saturated heterocycles. The predicted molar refractivity (Wildman–Crippen MR) is 217 cm³/mol. The van der Waals surface area contributed by atoms with Gasteiger partial charge in [-0.2, -0.15) is 0 Å². The monoisotopic (exact) mass is 788 g/mol. The number of benzene rings is 2. The van der Waals surface area contributed by atoms with E-state index in [1.54, 1.807) is 11.1 Å². The van der Waals surface area contributed by atoms with Crippen LogP contribution in [0.3, 0.4) is 0 Å². The van der Waals surface area contributed by atoms with Gasteiger partial charge in [-0.25, -0.2) is 19.6 Å². The Labute approximate surface area is 338 Å². The van der Waals surface area contributed by atoms with Crippen molar-refractivity contribution in [2.75, 3.05) is 20.8 Å². The third-order valence-corrected chi connectivity index (χ3v) is 11.7. The molecule has 4 aromatic rings. The molecule has 6 atom stereocenters. The molecule has 4 N–H and O–H groups in total. The molecule has 0 radical (unpaired) electrons. The molecule has 1 saturated carbocycles. The highest BCUT2D eigenvalue weighted by Crippen LogP contribution is 2.50. The number of aromatic amines is 2. The van der Waals surface area contributed by atoms with Crippen LogP contribution >= 0.6 is 0 Å². The molecule has 58 heavy (non-hydrogen) atoms. The number of methoxy groups -OCH3 is 2. The molecule has 2 aromatic carbocycles. The molecule has 1 aliphatic carbocycles. The Bertz CT molecular complexity index is 2180. The van der Waals surface area contributed by atoms with Crippen molar-refractivity contribution in [2.24, 2.45) is 17.8 Å². The average Bonchev–Trinajstić information content (AvgIpc) is 4.09. The zero-order valence-electron chi connectivity index (χ0n) is 33.9. The minimum atomic E-state index is -0.690. The van der Waals surface area contributed by atoms with E-state index in [-0.39, 0.29) is 41.8 Å². The number of ether oxygens (including phenoxy) is 2. The summed E-state index contributed by atoms with van der Waals surface area (Å²) >= 11 is 0. The lowest BCUT2D eigenvalue weighted by molar-refractivity contribution is -0.139. The van der Waals surface area contributed by atoms with E-state index in [4.69, 9.17) is 14.5 Å². The minimum absolute atomic E-state index is 0.0996. The molecule has 4 heterocycles. The molecule has 2 aliphatic heterocycles. The molecule has 14 nitrogen and oxygen atoms in total. The van der Waals surface area contributed by atoms with Crippen molar-refractivity contribution < 1.29 is 28.7 Å². The molecular formula is C44H52N8O6. The molecule has 4 amide bonds. The van der Waals surface area contributed by atoms with E-state index < -0.39 is 24.3 Å². The zero-order chi connectivity index (χ0) is 41.1. The summed E-state index contributed by atoms with van der Waals surface area (Å²) in [7, 11) is 2.59.